The van der Waals surface area contributed by atoms with Crippen LogP contribution < -0.4 is 0 Å². The molecule has 0 aliphatic heterocycles. The zero-order valence-electron chi connectivity index (χ0n) is 5.59. The monoisotopic (exact) mass is 110 g/mol. The first-order valence-corrected chi connectivity index (χ1v) is 2.36. The molecule has 2 nitrogen and oxygen atoms in total. The number of nitrogens with zero attached hydrogens (tertiary/aromatic N) is 1. The van der Waals surface area contributed by atoms with Gasteiger partial charge in [0.1, 0.15) is 0 Å². The molecule has 0 unspecified atom stereocenters. The lowest BCUT2D eigenvalue weighted by Crippen LogP contribution is -2.00. The Morgan fingerprint density at radius 1 is 1.75 bits per heavy atom. The van der Waals surface area contributed by atoms with Crippen LogP contribution in [0.2, 0.25) is 0 Å². The van der Waals surface area contributed by atoms with E-state index >= 15 is 0 Å². The highest BCUT2D eigenvalue weighted by Crippen LogP contribution is 1.87. The third-order valence-corrected chi connectivity index (χ3v) is 0.884. The van der Waals surface area contributed by atoms with Crippen molar-refractivity contribution in [3.63, 3.8) is 0 Å². The van der Waals surface area contributed by atoms with Crippen molar-refractivity contribution in [2.75, 3.05) is 0 Å². The predicted molar refractivity (Wildman–Crippen MR) is 30.7 cm³/mol. The molecule has 8 heavy (non-hydrogen) atoms. The Balaban J connectivity index is 3.08. The zero-order chi connectivity index (χ0) is 6.85. The van der Waals surface area contributed by atoms with E-state index in [0.717, 1.165) is 0 Å². The number of carbonyl (C=O) groups excluding carboxylic acids is 1. The topological polar surface area (TPSA) is 22.0 Å². The molecule has 0 radical (unpaired) electrons. The first-order chi connectivity index (χ1) is 4.22. The Morgan fingerprint density at radius 2 is 2.50 bits per heavy atom. The van der Waals surface area contributed by atoms with E-state index in [1.165, 1.54) is 11.5 Å². The van der Waals surface area contributed by atoms with Crippen LogP contribution in [0.25, 0.3) is 0 Å². The fourth-order valence-electron chi connectivity index (χ4n) is 0.491. The van der Waals surface area contributed by atoms with Gasteiger partial charge in [0.15, 0.2) is 0 Å². The fraction of sp³-hybridized carbons (Fsp3) is 0.167. The number of hydrogen-bond donors (Lipinski definition) is 0. The van der Waals surface area contributed by atoms with Crippen molar-refractivity contribution in [2.24, 2.45) is 0 Å². The van der Waals surface area contributed by atoms with Crippen molar-refractivity contribution >= 4 is 5.91 Å². The third-order valence-electron chi connectivity index (χ3n) is 0.884. The number of aromatic nitrogens is 1. The lowest BCUT2D eigenvalue weighted by Gasteiger charge is -1.89. The summed E-state index contributed by atoms with van der Waals surface area (Å²) >= 11 is 0. The molecule has 0 atom stereocenters. The largest absolute Gasteiger partial charge is 0.295 e. The highest BCUT2D eigenvalue weighted by Gasteiger charge is 1.89. The molecular formula is C6H7NO. The van der Waals surface area contributed by atoms with Gasteiger partial charge in [0, 0.05) is 19.3 Å². The molecule has 0 saturated heterocycles. The molecule has 1 aromatic heterocycles. The van der Waals surface area contributed by atoms with E-state index in [0.29, 0.717) is 0 Å². The minimum Gasteiger partial charge on any atom is -0.295 e. The van der Waals surface area contributed by atoms with Crippen LogP contribution in [0.4, 0.5) is 0 Å². The average molecular weight is 110 g/mol. The van der Waals surface area contributed by atoms with E-state index in [4.69, 9.17) is 1.37 Å². The third kappa shape index (κ3) is 0.780. The molecule has 0 bridgehead atoms. The molecule has 0 spiro atoms. The van der Waals surface area contributed by atoms with Gasteiger partial charge in [-0.25, -0.2) is 0 Å². The summed E-state index contributed by atoms with van der Waals surface area (Å²) in [6, 6.07) is 3.24. The van der Waals surface area contributed by atoms with E-state index in [2.05, 4.69) is 0 Å². The molecule has 0 aliphatic carbocycles. The fourth-order valence-corrected chi connectivity index (χ4v) is 0.491. The number of carbonyl (C=O) groups is 1. The van der Waals surface area contributed by atoms with E-state index in [9.17, 15) is 4.79 Å². The van der Waals surface area contributed by atoms with Gasteiger partial charge in [-0.2, -0.15) is 0 Å². The van der Waals surface area contributed by atoms with Crippen molar-refractivity contribution in [3.8, 4) is 0 Å². The van der Waals surface area contributed by atoms with Gasteiger partial charge in [-0.15, -0.1) is 0 Å². The number of hydrogen-bond acceptors (Lipinski definition) is 1. The van der Waals surface area contributed by atoms with E-state index in [1.54, 1.807) is 18.3 Å². The maximum Gasteiger partial charge on any atom is 0.227 e. The zero-order valence-corrected chi connectivity index (χ0v) is 4.59. The Bertz CT molecular complexity index is 229. The molecule has 42 valence electrons. The molecule has 0 saturated carbocycles. The maximum absolute atomic E-state index is 10.6. The van der Waals surface area contributed by atoms with Crippen LogP contribution in [0.3, 0.4) is 0 Å². The summed E-state index contributed by atoms with van der Waals surface area (Å²) < 4.78 is 8.40. The van der Waals surface area contributed by atoms with Crippen LogP contribution in [0.5, 0.6) is 0 Å². The van der Waals surface area contributed by atoms with Gasteiger partial charge in [-0.3, -0.25) is 9.36 Å². The Labute approximate surface area is 49.1 Å². The van der Waals surface area contributed by atoms with Gasteiger partial charge in [0.05, 0.1) is 1.37 Å². The molecule has 0 amide bonds. The van der Waals surface area contributed by atoms with Crippen molar-refractivity contribution in [3.05, 3.63) is 24.5 Å². The normalized spacial score (nSPS) is 10.9. The second kappa shape index (κ2) is 1.82. The molecule has 1 aromatic rings. The predicted octanol–water partition coefficient (Wildman–Crippen LogP) is 1.15. The molecule has 2 heteroatoms. The van der Waals surface area contributed by atoms with Gasteiger partial charge in [0.2, 0.25) is 5.91 Å². The van der Waals surface area contributed by atoms with Gasteiger partial charge in [-0.1, -0.05) is 0 Å². The average Bonchev–Trinajstić information content (AvgIpc) is 2.13. The smallest absolute Gasteiger partial charge is 0.227 e. The minimum atomic E-state index is -0.120. The molecule has 0 fully saturated rings. The Kier molecular flexibility index (Phi) is 0.886. The molecule has 0 aromatic carbocycles. The summed E-state index contributed by atoms with van der Waals surface area (Å²) in [5.74, 6) is -0.120. The second-order valence-electron chi connectivity index (χ2n) is 1.53. The van der Waals surface area contributed by atoms with Crippen LogP contribution in [0.15, 0.2) is 24.5 Å². The van der Waals surface area contributed by atoms with Crippen LogP contribution in [0.1, 0.15) is 13.1 Å². The van der Waals surface area contributed by atoms with Crippen molar-refractivity contribution in [1.29, 1.82) is 0 Å². The van der Waals surface area contributed by atoms with Crippen molar-refractivity contribution < 1.29 is 6.17 Å². The van der Waals surface area contributed by atoms with Crippen LogP contribution >= 0.6 is 0 Å². The SMILES string of the molecule is [2H]c1cccn1C(C)=O. The lowest BCUT2D eigenvalue weighted by molar-refractivity contribution is 0.0937. The summed E-state index contributed by atoms with van der Waals surface area (Å²) in [6.07, 6.45) is 1.81. The Morgan fingerprint density at radius 3 is 2.75 bits per heavy atom. The van der Waals surface area contributed by atoms with E-state index in [1.807, 2.05) is 0 Å². The van der Waals surface area contributed by atoms with Gasteiger partial charge < -0.3 is 0 Å². The van der Waals surface area contributed by atoms with Crippen LogP contribution in [-0.4, -0.2) is 10.5 Å². The molecule has 0 aliphatic rings. The van der Waals surface area contributed by atoms with E-state index in [-0.39, 0.29) is 12.1 Å². The second-order valence-corrected chi connectivity index (χ2v) is 1.53. The Hall–Kier alpha value is -1.05. The maximum atomic E-state index is 10.6. The molecule has 0 N–H and O–H groups in total. The molecular weight excluding hydrogens is 102 g/mol. The lowest BCUT2D eigenvalue weighted by atomic mass is 10.7. The highest BCUT2D eigenvalue weighted by molar-refractivity contribution is 5.75. The summed E-state index contributed by atoms with van der Waals surface area (Å²) in [4.78, 5) is 10.6. The van der Waals surface area contributed by atoms with Gasteiger partial charge >= 0.3 is 0 Å². The molecule has 1 rings (SSSR count). The minimum absolute atomic E-state index is 0.120. The highest BCUT2D eigenvalue weighted by atomic mass is 16.1. The van der Waals surface area contributed by atoms with Crippen LogP contribution in [-0.2, 0) is 0 Å². The van der Waals surface area contributed by atoms with Gasteiger partial charge in [-0.05, 0) is 12.1 Å². The first kappa shape index (κ1) is 3.89. The number of rotatable bonds is 0. The molecule has 1 heterocycles. The van der Waals surface area contributed by atoms with E-state index < -0.39 is 0 Å². The quantitative estimate of drug-likeness (QED) is 0.491. The standard InChI is InChI=1S/C6H7NO/c1-6(8)7-4-2-3-5-7/h2-5H,1H3/i4D. The summed E-state index contributed by atoms with van der Waals surface area (Å²) in [7, 11) is 0. The first-order valence-electron chi connectivity index (χ1n) is 2.86. The van der Waals surface area contributed by atoms with Crippen LogP contribution in [0, 0.1) is 0 Å². The summed E-state index contributed by atoms with van der Waals surface area (Å²) in [6.45, 7) is 1.43. The summed E-state index contributed by atoms with van der Waals surface area (Å²) in [5.41, 5.74) is 0. The van der Waals surface area contributed by atoms with Crippen molar-refractivity contribution in [2.45, 2.75) is 6.92 Å². The summed E-state index contributed by atoms with van der Waals surface area (Å²) in [5, 5.41) is 0. The van der Waals surface area contributed by atoms with Crippen molar-refractivity contribution in [1.82, 2.24) is 4.57 Å². The van der Waals surface area contributed by atoms with Gasteiger partial charge in [0.25, 0.3) is 0 Å².